The first-order chi connectivity index (χ1) is 8.97. The standard InChI is InChI=1S/C14H9BrO3S/c15-13-6-5-11-7-9-3-1-2-4-10(9)8-12(11)14(13)19(16,17)18/h1-8H,(H,16,17,18). The first kappa shape index (κ1) is 12.6. The van der Waals surface area contributed by atoms with Crippen molar-refractivity contribution in [2.75, 3.05) is 0 Å². The zero-order valence-electron chi connectivity index (χ0n) is 9.67. The molecule has 0 spiro atoms. The summed E-state index contributed by atoms with van der Waals surface area (Å²) in [6.07, 6.45) is 0. The van der Waals surface area contributed by atoms with Gasteiger partial charge in [0.15, 0.2) is 0 Å². The normalized spacial score (nSPS) is 12.1. The van der Waals surface area contributed by atoms with Gasteiger partial charge in [0.1, 0.15) is 4.90 Å². The van der Waals surface area contributed by atoms with Crippen molar-refractivity contribution >= 4 is 47.6 Å². The molecule has 0 unspecified atom stereocenters. The van der Waals surface area contributed by atoms with Gasteiger partial charge >= 0.3 is 0 Å². The lowest BCUT2D eigenvalue weighted by Gasteiger charge is -2.08. The molecule has 0 radical (unpaired) electrons. The largest absolute Gasteiger partial charge is 0.296 e. The van der Waals surface area contributed by atoms with Gasteiger partial charge in [-0.15, -0.1) is 0 Å². The van der Waals surface area contributed by atoms with Crippen molar-refractivity contribution in [3.63, 3.8) is 0 Å². The Balaban J connectivity index is 2.55. The quantitative estimate of drug-likeness (QED) is 0.539. The first-order valence-corrected chi connectivity index (χ1v) is 7.78. The molecule has 3 aromatic rings. The van der Waals surface area contributed by atoms with E-state index in [0.29, 0.717) is 9.86 Å². The second-order valence-corrected chi connectivity index (χ2v) is 6.48. The SMILES string of the molecule is O=S(=O)(O)c1c(Br)ccc2cc3ccccc3cc12. The summed E-state index contributed by atoms with van der Waals surface area (Å²) in [7, 11) is -4.28. The van der Waals surface area contributed by atoms with Gasteiger partial charge in [0.2, 0.25) is 0 Å². The van der Waals surface area contributed by atoms with E-state index < -0.39 is 10.1 Å². The molecule has 1 N–H and O–H groups in total. The van der Waals surface area contributed by atoms with Crippen LogP contribution in [0.3, 0.4) is 0 Å². The predicted molar refractivity (Wildman–Crippen MR) is 79.0 cm³/mol. The van der Waals surface area contributed by atoms with Crippen molar-refractivity contribution < 1.29 is 13.0 Å². The van der Waals surface area contributed by atoms with E-state index in [9.17, 15) is 13.0 Å². The van der Waals surface area contributed by atoms with Crippen LogP contribution in [0.25, 0.3) is 21.5 Å². The Labute approximate surface area is 118 Å². The maximum absolute atomic E-state index is 11.5. The van der Waals surface area contributed by atoms with Crippen LogP contribution in [0, 0.1) is 0 Å². The number of hydrogen-bond acceptors (Lipinski definition) is 2. The van der Waals surface area contributed by atoms with Crippen LogP contribution in [-0.2, 0) is 10.1 Å². The lowest BCUT2D eigenvalue weighted by Crippen LogP contribution is -2.00. The van der Waals surface area contributed by atoms with Gasteiger partial charge in [-0.3, -0.25) is 4.55 Å². The third-order valence-electron chi connectivity index (χ3n) is 3.05. The summed E-state index contributed by atoms with van der Waals surface area (Å²) < 4.78 is 32.8. The van der Waals surface area contributed by atoms with Crippen molar-refractivity contribution in [2.45, 2.75) is 4.90 Å². The molecule has 0 aromatic heterocycles. The number of fused-ring (bicyclic) bond motifs is 2. The van der Waals surface area contributed by atoms with Crippen LogP contribution in [0.15, 0.2) is 57.9 Å². The van der Waals surface area contributed by atoms with Gasteiger partial charge < -0.3 is 0 Å². The van der Waals surface area contributed by atoms with Crippen LogP contribution in [0.2, 0.25) is 0 Å². The Morgan fingerprint density at radius 2 is 1.53 bits per heavy atom. The lowest BCUT2D eigenvalue weighted by molar-refractivity contribution is 0.483. The smallest absolute Gasteiger partial charge is 0.282 e. The van der Waals surface area contributed by atoms with E-state index in [1.807, 2.05) is 36.4 Å². The Bertz CT molecular complexity index is 901. The van der Waals surface area contributed by atoms with Crippen LogP contribution in [-0.4, -0.2) is 13.0 Å². The Morgan fingerprint density at radius 1 is 0.895 bits per heavy atom. The number of halogens is 1. The number of rotatable bonds is 1. The summed E-state index contributed by atoms with van der Waals surface area (Å²) in [5.74, 6) is 0. The van der Waals surface area contributed by atoms with Crippen LogP contribution < -0.4 is 0 Å². The van der Waals surface area contributed by atoms with Gasteiger partial charge in [0.25, 0.3) is 10.1 Å². The third-order valence-corrected chi connectivity index (χ3v) is 4.93. The maximum atomic E-state index is 11.5. The molecule has 0 aliphatic heterocycles. The molecule has 0 bridgehead atoms. The molecular weight excluding hydrogens is 328 g/mol. The van der Waals surface area contributed by atoms with E-state index >= 15 is 0 Å². The molecule has 0 saturated heterocycles. The van der Waals surface area contributed by atoms with E-state index in [-0.39, 0.29) is 4.90 Å². The molecular formula is C14H9BrO3S. The highest BCUT2D eigenvalue weighted by Gasteiger charge is 2.18. The molecule has 3 rings (SSSR count). The zero-order chi connectivity index (χ0) is 13.6. The summed E-state index contributed by atoms with van der Waals surface area (Å²) in [4.78, 5) is -0.0873. The van der Waals surface area contributed by atoms with Gasteiger partial charge in [-0.1, -0.05) is 30.3 Å². The monoisotopic (exact) mass is 336 g/mol. The number of benzene rings is 3. The highest BCUT2D eigenvalue weighted by Crippen LogP contribution is 2.33. The Kier molecular flexibility index (Phi) is 2.85. The van der Waals surface area contributed by atoms with Crippen LogP contribution in [0.4, 0.5) is 0 Å². The molecule has 5 heteroatoms. The fourth-order valence-corrected chi connectivity index (χ4v) is 3.95. The fraction of sp³-hybridized carbons (Fsp3) is 0. The van der Waals surface area contributed by atoms with Gasteiger partial charge in [-0.2, -0.15) is 8.42 Å². The van der Waals surface area contributed by atoms with Crippen molar-refractivity contribution in [2.24, 2.45) is 0 Å². The van der Waals surface area contributed by atoms with Gasteiger partial charge in [0, 0.05) is 9.86 Å². The van der Waals surface area contributed by atoms with E-state index in [0.717, 1.165) is 16.2 Å². The van der Waals surface area contributed by atoms with Gasteiger partial charge in [-0.05, 0) is 50.3 Å². The molecule has 3 nitrogen and oxygen atoms in total. The molecule has 0 atom stereocenters. The van der Waals surface area contributed by atoms with Crippen molar-refractivity contribution in [3.05, 3.63) is 53.0 Å². The van der Waals surface area contributed by atoms with E-state index in [1.54, 1.807) is 12.1 Å². The molecule has 0 saturated carbocycles. The fourth-order valence-electron chi connectivity index (χ4n) is 2.22. The molecule has 3 aromatic carbocycles. The van der Waals surface area contributed by atoms with Crippen LogP contribution in [0.1, 0.15) is 0 Å². The predicted octanol–water partition coefficient (Wildman–Crippen LogP) is 4.00. The zero-order valence-corrected chi connectivity index (χ0v) is 12.1. The molecule has 0 aliphatic carbocycles. The minimum atomic E-state index is -4.28. The topological polar surface area (TPSA) is 54.4 Å². The average Bonchev–Trinajstić information content (AvgIpc) is 2.34. The highest BCUT2D eigenvalue weighted by molar-refractivity contribution is 9.10. The minimum Gasteiger partial charge on any atom is -0.282 e. The summed E-state index contributed by atoms with van der Waals surface area (Å²) in [6.45, 7) is 0. The molecule has 0 fully saturated rings. The molecule has 0 amide bonds. The molecule has 0 aliphatic rings. The van der Waals surface area contributed by atoms with Crippen molar-refractivity contribution in [1.82, 2.24) is 0 Å². The second-order valence-electron chi connectivity index (χ2n) is 4.27. The summed E-state index contributed by atoms with van der Waals surface area (Å²) in [5, 5.41) is 3.24. The van der Waals surface area contributed by atoms with E-state index in [1.165, 1.54) is 0 Å². The molecule has 19 heavy (non-hydrogen) atoms. The third kappa shape index (κ3) is 2.14. The maximum Gasteiger partial charge on any atom is 0.296 e. The Hall–Kier alpha value is -1.43. The first-order valence-electron chi connectivity index (χ1n) is 5.55. The Morgan fingerprint density at radius 3 is 2.16 bits per heavy atom. The lowest BCUT2D eigenvalue weighted by atomic mass is 10.0. The second kappa shape index (κ2) is 4.30. The average molecular weight is 337 g/mol. The van der Waals surface area contributed by atoms with Crippen LogP contribution in [0.5, 0.6) is 0 Å². The molecule has 0 heterocycles. The minimum absolute atomic E-state index is 0.0873. The summed E-state index contributed by atoms with van der Waals surface area (Å²) >= 11 is 3.18. The van der Waals surface area contributed by atoms with Crippen molar-refractivity contribution in [3.8, 4) is 0 Å². The van der Waals surface area contributed by atoms with E-state index in [2.05, 4.69) is 15.9 Å². The number of hydrogen-bond donors (Lipinski definition) is 1. The van der Waals surface area contributed by atoms with Crippen LogP contribution >= 0.6 is 15.9 Å². The molecule has 96 valence electrons. The summed E-state index contributed by atoms with van der Waals surface area (Å²) in [5.41, 5.74) is 0. The highest BCUT2D eigenvalue weighted by atomic mass is 79.9. The van der Waals surface area contributed by atoms with Crippen molar-refractivity contribution in [1.29, 1.82) is 0 Å². The van der Waals surface area contributed by atoms with E-state index in [4.69, 9.17) is 0 Å². The van der Waals surface area contributed by atoms with Gasteiger partial charge in [-0.25, -0.2) is 0 Å². The van der Waals surface area contributed by atoms with Gasteiger partial charge in [0.05, 0.1) is 0 Å². The summed E-state index contributed by atoms with van der Waals surface area (Å²) in [6, 6.07) is 14.8.